The Balaban J connectivity index is 2.53. The SMILES string of the molecule is Fc1ccc2c3ccccc3c3c(F)c(F)c(F)c(F)c3c2c1F. The average Bonchev–Trinajstić information content (AvgIpc) is 2.59. The maximum Gasteiger partial charge on any atom is 0.198 e. The highest BCUT2D eigenvalue weighted by Crippen LogP contribution is 2.40. The van der Waals surface area contributed by atoms with Crippen LogP contribution < -0.4 is 0 Å². The molecule has 6 heteroatoms. The van der Waals surface area contributed by atoms with Crippen molar-refractivity contribution in [2.24, 2.45) is 0 Å². The van der Waals surface area contributed by atoms with E-state index >= 15 is 0 Å². The molecule has 0 aliphatic rings. The number of hydrogen-bond acceptors (Lipinski definition) is 0. The highest BCUT2D eigenvalue weighted by Gasteiger charge is 2.26. The summed E-state index contributed by atoms with van der Waals surface area (Å²) in [6, 6.07) is 7.93. The van der Waals surface area contributed by atoms with Crippen LogP contribution in [0.25, 0.3) is 32.3 Å². The largest absolute Gasteiger partial charge is 0.204 e. The van der Waals surface area contributed by atoms with Crippen LogP contribution in [-0.4, -0.2) is 0 Å². The van der Waals surface area contributed by atoms with E-state index in [1.165, 1.54) is 24.3 Å². The van der Waals surface area contributed by atoms with Gasteiger partial charge < -0.3 is 0 Å². The summed E-state index contributed by atoms with van der Waals surface area (Å²) in [6.45, 7) is 0. The van der Waals surface area contributed by atoms with E-state index in [0.717, 1.165) is 6.07 Å². The Bertz CT molecular complexity index is 1140. The van der Waals surface area contributed by atoms with E-state index in [2.05, 4.69) is 0 Å². The van der Waals surface area contributed by atoms with Gasteiger partial charge in [-0.1, -0.05) is 30.3 Å². The monoisotopic (exact) mass is 336 g/mol. The summed E-state index contributed by atoms with van der Waals surface area (Å²) >= 11 is 0. The van der Waals surface area contributed by atoms with E-state index in [4.69, 9.17) is 0 Å². The number of halogens is 6. The lowest BCUT2D eigenvalue weighted by atomic mass is 9.93. The summed E-state index contributed by atoms with van der Waals surface area (Å²) < 4.78 is 84.0. The maximum atomic E-state index is 14.3. The molecule has 4 rings (SSSR count). The minimum absolute atomic E-state index is 0.0707. The van der Waals surface area contributed by atoms with Gasteiger partial charge in [0.05, 0.1) is 0 Å². The van der Waals surface area contributed by atoms with E-state index in [1.54, 1.807) is 6.07 Å². The topological polar surface area (TPSA) is 0 Å². The summed E-state index contributed by atoms with van der Waals surface area (Å²) in [5.74, 6) is -10.2. The van der Waals surface area contributed by atoms with Crippen LogP contribution in [0.15, 0.2) is 36.4 Å². The molecule has 0 heterocycles. The first-order chi connectivity index (χ1) is 11.4. The molecule has 0 nitrogen and oxygen atoms in total. The Morgan fingerprint density at radius 1 is 0.417 bits per heavy atom. The Morgan fingerprint density at radius 3 is 1.58 bits per heavy atom. The van der Waals surface area contributed by atoms with Crippen molar-refractivity contribution >= 4 is 32.3 Å². The van der Waals surface area contributed by atoms with Crippen molar-refractivity contribution < 1.29 is 26.3 Å². The lowest BCUT2D eigenvalue weighted by molar-refractivity contribution is 0.418. The molecule has 0 aliphatic heterocycles. The second kappa shape index (κ2) is 4.87. The van der Waals surface area contributed by atoms with Crippen molar-refractivity contribution in [1.82, 2.24) is 0 Å². The molecular weight excluding hydrogens is 330 g/mol. The molecule has 0 radical (unpaired) electrons. The molecule has 0 saturated carbocycles. The minimum atomic E-state index is -2.07. The summed E-state index contributed by atoms with van der Waals surface area (Å²) in [6.07, 6.45) is 0. The van der Waals surface area contributed by atoms with Gasteiger partial charge in [0, 0.05) is 16.2 Å². The maximum absolute atomic E-state index is 14.3. The second-order valence-electron chi connectivity index (χ2n) is 5.34. The van der Waals surface area contributed by atoms with Crippen molar-refractivity contribution in [1.29, 1.82) is 0 Å². The number of hydrogen-bond donors (Lipinski definition) is 0. The number of rotatable bonds is 0. The molecule has 0 spiro atoms. The van der Waals surface area contributed by atoms with Gasteiger partial charge in [0.1, 0.15) is 0 Å². The highest BCUT2D eigenvalue weighted by molar-refractivity contribution is 6.25. The average molecular weight is 336 g/mol. The molecule has 0 aliphatic carbocycles. The zero-order valence-electron chi connectivity index (χ0n) is 11.7. The molecule has 4 aromatic carbocycles. The van der Waals surface area contributed by atoms with Gasteiger partial charge in [0.15, 0.2) is 34.9 Å². The fraction of sp³-hybridized carbons (Fsp3) is 0. The van der Waals surface area contributed by atoms with Crippen LogP contribution in [0, 0.1) is 34.9 Å². The van der Waals surface area contributed by atoms with Crippen LogP contribution in [0.4, 0.5) is 26.3 Å². The number of fused-ring (bicyclic) bond motifs is 6. The van der Waals surface area contributed by atoms with Crippen molar-refractivity contribution in [2.45, 2.75) is 0 Å². The summed E-state index contributed by atoms with van der Waals surface area (Å²) in [5, 5.41) is -1.67. The van der Waals surface area contributed by atoms with Crippen LogP contribution in [-0.2, 0) is 0 Å². The predicted molar refractivity (Wildman–Crippen MR) is 78.7 cm³/mol. The zero-order chi connectivity index (χ0) is 17.2. The first-order valence-corrected chi connectivity index (χ1v) is 6.87. The Labute approximate surface area is 130 Å². The lowest BCUT2D eigenvalue weighted by Crippen LogP contribution is -2.01. The predicted octanol–water partition coefficient (Wildman–Crippen LogP) is 5.98. The Morgan fingerprint density at radius 2 is 0.917 bits per heavy atom. The third-order valence-corrected chi connectivity index (χ3v) is 4.10. The van der Waals surface area contributed by atoms with Crippen LogP contribution in [0.5, 0.6) is 0 Å². The Hall–Kier alpha value is -2.76. The third kappa shape index (κ3) is 1.71. The van der Waals surface area contributed by atoms with Gasteiger partial charge >= 0.3 is 0 Å². The highest BCUT2D eigenvalue weighted by atomic mass is 19.2. The summed E-state index contributed by atoms with van der Waals surface area (Å²) in [7, 11) is 0. The van der Waals surface area contributed by atoms with Gasteiger partial charge in [0.25, 0.3) is 0 Å². The molecule has 0 amide bonds. The quantitative estimate of drug-likeness (QED) is 0.160. The first kappa shape index (κ1) is 14.8. The third-order valence-electron chi connectivity index (χ3n) is 4.10. The molecule has 4 aromatic rings. The molecule has 0 bridgehead atoms. The van der Waals surface area contributed by atoms with E-state index in [9.17, 15) is 26.3 Å². The fourth-order valence-corrected chi connectivity index (χ4v) is 3.07. The van der Waals surface area contributed by atoms with Gasteiger partial charge in [-0.25, -0.2) is 26.3 Å². The van der Waals surface area contributed by atoms with Crippen molar-refractivity contribution in [3.63, 3.8) is 0 Å². The van der Waals surface area contributed by atoms with Crippen LogP contribution in [0.3, 0.4) is 0 Å². The molecule has 120 valence electrons. The fourth-order valence-electron chi connectivity index (χ4n) is 3.07. The second-order valence-corrected chi connectivity index (χ2v) is 5.34. The minimum Gasteiger partial charge on any atom is -0.204 e. The number of benzene rings is 4. The summed E-state index contributed by atoms with van der Waals surface area (Å²) in [4.78, 5) is 0. The smallest absolute Gasteiger partial charge is 0.198 e. The van der Waals surface area contributed by atoms with Gasteiger partial charge in [-0.15, -0.1) is 0 Å². The van der Waals surface area contributed by atoms with Gasteiger partial charge in [-0.3, -0.25) is 0 Å². The molecule has 0 aromatic heterocycles. The molecule has 0 fully saturated rings. The molecule has 0 atom stereocenters. The van der Waals surface area contributed by atoms with Crippen molar-refractivity contribution in [3.05, 3.63) is 71.3 Å². The zero-order valence-corrected chi connectivity index (χ0v) is 11.7. The van der Waals surface area contributed by atoms with E-state index in [1.807, 2.05) is 0 Å². The van der Waals surface area contributed by atoms with Crippen LogP contribution >= 0.6 is 0 Å². The van der Waals surface area contributed by atoms with Crippen molar-refractivity contribution in [3.8, 4) is 0 Å². The van der Waals surface area contributed by atoms with E-state index in [0.29, 0.717) is 0 Å². The normalized spacial score (nSPS) is 11.8. The van der Waals surface area contributed by atoms with Crippen LogP contribution in [0.1, 0.15) is 0 Å². The standard InChI is InChI=1S/C18H6F6/c19-10-6-5-9-7-3-1-2-4-8(7)12-13(11(9)14(10)20)16(22)18(24)17(23)15(12)21/h1-6H. The molecule has 24 heavy (non-hydrogen) atoms. The van der Waals surface area contributed by atoms with Crippen molar-refractivity contribution in [2.75, 3.05) is 0 Å². The lowest BCUT2D eigenvalue weighted by Gasteiger charge is -2.13. The molecular formula is C18H6F6. The first-order valence-electron chi connectivity index (χ1n) is 6.87. The van der Waals surface area contributed by atoms with Gasteiger partial charge in [0.2, 0.25) is 0 Å². The summed E-state index contributed by atoms with van der Waals surface area (Å²) in [5.41, 5.74) is 0. The molecule has 0 N–H and O–H groups in total. The Kier molecular flexibility index (Phi) is 3.00. The molecule has 0 unspecified atom stereocenters. The molecule has 0 saturated heterocycles. The van der Waals surface area contributed by atoms with Gasteiger partial charge in [-0.05, 0) is 22.2 Å². The van der Waals surface area contributed by atoms with Crippen LogP contribution in [0.2, 0.25) is 0 Å². The van der Waals surface area contributed by atoms with E-state index < -0.39 is 51.1 Å². The van der Waals surface area contributed by atoms with Gasteiger partial charge in [-0.2, -0.15) is 0 Å². The van der Waals surface area contributed by atoms with E-state index in [-0.39, 0.29) is 16.2 Å².